The van der Waals surface area contributed by atoms with Crippen LogP contribution in [0.4, 0.5) is 11.5 Å². The molecule has 1 fully saturated rings. The molecule has 3 N–H and O–H groups in total. The van der Waals surface area contributed by atoms with Crippen molar-refractivity contribution in [2.75, 3.05) is 19.0 Å². The molecule has 1 atom stereocenters. The zero-order valence-electron chi connectivity index (χ0n) is 22.0. The highest BCUT2D eigenvalue weighted by Gasteiger charge is 2.22. The molecule has 0 radical (unpaired) electrons. The molecule has 206 valence electrons. The summed E-state index contributed by atoms with van der Waals surface area (Å²) in [6.45, 7) is 1.14. The molecule has 0 spiro atoms. The number of halogens is 2. The Balaban J connectivity index is 1.30. The number of nitrogens with zero attached hydrogens (tertiary/aromatic N) is 4. The minimum atomic E-state index is 0.0541. The van der Waals surface area contributed by atoms with Gasteiger partial charge >= 0.3 is 0 Å². The topological polar surface area (TPSA) is 114 Å². The number of fused-ring (bicyclic) bond motifs is 1. The highest BCUT2D eigenvalue weighted by Crippen LogP contribution is 2.42. The van der Waals surface area contributed by atoms with Gasteiger partial charge in [0.05, 0.1) is 34.1 Å². The van der Waals surface area contributed by atoms with E-state index in [1.807, 2.05) is 48.5 Å². The van der Waals surface area contributed by atoms with Crippen LogP contribution < -0.4 is 20.7 Å². The molecular formula is C30H25Cl2N7O2. The molecule has 0 saturated carbocycles. The van der Waals surface area contributed by atoms with E-state index in [1.54, 1.807) is 31.8 Å². The van der Waals surface area contributed by atoms with Crippen LogP contribution in [0.1, 0.15) is 12.0 Å². The number of methoxy groups -OCH3 is 1. The normalized spacial score (nSPS) is 14.7. The molecule has 3 aromatic heterocycles. The third kappa shape index (κ3) is 5.52. The SMILES string of the molecule is COc1nc(-c2cccc(-c3cccc(Nc4nccc5nccnc45)c3Cl)c2Cl)ccc1CN[C@@H]1CNC(=O)C1. The second-order valence-electron chi connectivity index (χ2n) is 9.49. The van der Waals surface area contributed by atoms with Gasteiger partial charge in [0.1, 0.15) is 5.52 Å². The summed E-state index contributed by atoms with van der Waals surface area (Å²) in [7, 11) is 1.59. The predicted octanol–water partition coefficient (Wildman–Crippen LogP) is 5.79. The molecule has 2 aromatic carbocycles. The van der Waals surface area contributed by atoms with E-state index in [1.165, 1.54) is 0 Å². The van der Waals surface area contributed by atoms with Gasteiger partial charge in [0, 0.05) is 66.4 Å². The summed E-state index contributed by atoms with van der Waals surface area (Å²) in [5.74, 6) is 1.10. The fourth-order valence-corrected chi connectivity index (χ4v) is 5.42. The summed E-state index contributed by atoms with van der Waals surface area (Å²) < 4.78 is 5.60. The molecular weight excluding hydrogens is 561 g/mol. The first-order valence-corrected chi connectivity index (χ1v) is 13.7. The number of ether oxygens (including phenoxy) is 1. The van der Waals surface area contributed by atoms with Gasteiger partial charge in [-0.25, -0.2) is 15.0 Å². The third-order valence-electron chi connectivity index (χ3n) is 6.89. The molecule has 4 heterocycles. The van der Waals surface area contributed by atoms with Gasteiger partial charge in [-0.3, -0.25) is 9.78 Å². The van der Waals surface area contributed by atoms with Crippen molar-refractivity contribution in [3.8, 4) is 28.3 Å². The lowest BCUT2D eigenvalue weighted by atomic mass is 10.00. The van der Waals surface area contributed by atoms with Crippen LogP contribution in [0.3, 0.4) is 0 Å². The molecule has 6 rings (SSSR count). The zero-order chi connectivity index (χ0) is 28.3. The summed E-state index contributed by atoms with van der Waals surface area (Å²) in [5.41, 5.74) is 5.83. The predicted molar refractivity (Wildman–Crippen MR) is 161 cm³/mol. The quantitative estimate of drug-likeness (QED) is 0.209. The summed E-state index contributed by atoms with van der Waals surface area (Å²) in [4.78, 5) is 29.4. The first-order valence-electron chi connectivity index (χ1n) is 13.0. The van der Waals surface area contributed by atoms with Crippen LogP contribution in [-0.4, -0.2) is 45.5 Å². The highest BCUT2D eigenvalue weighted by atomic mass is 35.5. The molecule has 0 aliphatic carbocycles. The van der Waals surface area contributed by atoms with Crippen molar-refractivity contribution >= 4 is 51.6 Å². The Bertz CT molecular complexity index is 1760. The van der Waals surface area contributed by atoms with Crippen LogP contribution in [0.5, 0.6) is 5.88 Å². The van der Waals surface area contributed by atoms with Crippen molar-refractivity contribution in [3.05, 3.63) is 88.8 Å². The highest BCUT2D eigenvalue weighted by molar-refractivity contribution is 6.39. The van der Waals surface area contributed by atoms with Crippen molar-refractivity contribution in [2.45, 2.75) is 19.0 Å². The van der Waals surface area contributed by atoms with Crippen LogP contribution in [0, 0.1) is 0 Å². The summed E-state index contributed by atoms with van der Waals surface area (Å²) in [6, 6.07) is 17.2. The van der Waals surface area contributed by atoms with Crippen LogP contribution in [0.2, 0.25) is 10.0 Å². The van der Waals surface area contributed by atoms with E-state index >= 15 is 0 Å². The van der Waals surface area contributed by atoms with Gasteiger partial charge in [0.15, 0.2) is 5.82 Å². The first-order chi connectivity index (χ1) is 20.0. The Morgan fingerprint density at radius 1 is 0.927 bits per heavy atom. The van der Waals surface area contributed by atoms with Gasteiger partial charge in [0.25, 0.3) is 0 Å². The van der Waals surface area contributed by atoms with E-state index in [0.29, 0.717) is 58.2 Å². The van der Waals surface area contributed by atoms with Gasteiger partial charge in [0.2, 0.25) is 11.8 Å². The van der Waals surface area contributed by atoms with Gasteiger partial charge < -0.3 is 20.7 Å². The second kappa shape index (κ2) is 11.7. The molecule has 0 bridgehead atoms. The number of pyridine rings is 2. The van der Waals surface area contributed by atoms with Gasteiger partial charge in [-0.1, -0.05) is 59.6 Å². The largest absolute Gasteiger partial charge is 0.481 e. The lowest BCUT2D eigenvalue weighted by Gasteiger charge is -2.16. The molecule has 0 unspecified atom stereocenters. The molecule has 41 heavy (non-hydrogen) atoms. The number of nitrogens with one attached hydrogen (secondary N) is 3. The van der Waals surface area contributed by atoms with Crippen molar-refractivity contribution in [2.24, 2.45) is 0 Å². The lowest BCUT2D eigenvalue weighted by Crippen LogP contribution is -2.30. The third-order valence-corrected chi connectivity index (χ3v) is 7.71. The molecule has 1 aliphatic rings. The molecule has 1 aliphatic heterocycles. The first kappa shape index (κ1) is 26.9. The minimum Gasteiger partial charge on any atom is -0.481 e. The van der Waals surface area contributed by atoms with E-state index < -0.39 is 0 Å². The summed E-state index contributed by atoms with van der Waals surface area (Å²) in [5, 5.41) is 10.5. The van der Waals surface area contributed by atoms with Crippen molar-refractivity contribution in [3.63, 3.8) is 0 Å². The average molecular weight is 586 g/mol. The average Bonchev–Trinajstić information content (AvgIpc) is 3.42. The van der Waals surface area contributed by atoms with Gasteiger partial charge in [-0.15, -0.1) is 0 Å². The van der Waals surface area contributed by atoms with Crippen LogP contribution >= 0.6 is 23.2 Å². The summed E-state index contributed by atoms with van der Waals surface area (Å²) in [6.07, 6.45) is 5.40. The summed E-state index contributed by atoms with van der Waals surface area (Å²) >= 11 is 13.9. The molecule has 1 saturated heterocycles. The Hall–Kier alpha value is -4.31. The number of carbonyl (C=O) groups excluding carboxylic acids is 1. The minimum absolute atomic E-state index is 0.0541. The number of hydrogen-bond donors (Lipinski definition) is 3. The number of carbonyl (C=O) groups is 1. The maximum absolute atomic E-state index is 11.5. The fourth-order valence-electron chi connectivity index (χ4n) is 4.82. The van der Waals surface area contributed by atoms with Crippen molar-refractivity contribution < 1.29 is 9.53 Å². The van der Waals surface area contributed by atoms with E-state index in [4.69, 9.17) is 32.9 Å². The monoisotopic (exact) mass is 585 g/mol. The van der Waals surface area contributed by atoms with E-state index in [9.17, 15) is 4.79 Å². The van der Waals surface area contributed by atoms with Crippen molar-refractivity contribution in [1.29, 1.82) is 0 Å². The number of anilines is 2. The number of rotatable bonds is 8. The Labute approximate surface area is 246 Å². The molecule has 5 aromatic rings. The standard InChI is InChI=1S/C30H25Cl2N7O2/c1-41-30-17(15-36-18-14-25(40)37-16-18)8-9-22(39-30)21-6-2-4-19(26(21)31)20-5-3-7-23(27(20)32)38-29-28-24(10-11-35-29)33-12-13-34-28/h2-13,18,36H,14-16H2,1H3,(H,35,38)(H,37,40)/t18-/m0/s1. The van der Waals surface area contributed by atoms with Crippen LogP contribution in [0.25, 0.3) is 33.4 Å². The van der Waals surface area contributed by atoms with Crippen LogP contribution in [-0.2, 0) is 11.3 Å². The fraction of sp³-hybridized carbons (Fsp3) is 0.167. The van der Waals surface area contributed by atoms with Gasteiger partial charge in [-0.05, 0) is 18.2 Å². The molecule has 9 nitrogen and oxygen atoms in total. The van der Waals surface area contributed by atoms with Crippen molar-refractivity contribution in [1.82, 2.24) is 30.6 Å². The number of hydrogen-bond acceptors (Lipinski definition) is 8. The maximum atomic E-state index is 11.5. The van der Waals surface area contributed by atoms with E-state index in [2.05, 4.69) is 30.9 Å². The van der Waals surface area contributed by atoms with Gasteiger partial charge in [-0.2, -0.15) is 0 Å². The smallest absolute Gasteiger partial charge is 0.221 e. The Kier molecular flexibility index (Phi) is 7.65. The van der Waals surface area contributed by atoms with E-state index in [0.717, 1.165) is 27.8 Å². The maximum Gasteiger partial charge on any atom is 0.221 e. The zero-order valence-corrected chi connectivity index (χ0v) is 23.5. The molecule has 11 heteroatoms. The lowest BCUT2D eigenvalue weighted by molar-refractivity contribution is -0.119. The Morgan fingerprint density at radius 3 is 2.51 bits per heavy atom. The number of amides is 1. The Morgan fingerprint density at radius 2 is 1.71 bits per heavy atom. The second-order valence-corrected chi connectivity index (χ2v) is 10.2. The number of aromatic nitrogens is 4. The molecule has 1 amide bonds. The van der Waals surface area contributed by atoms with Crippen LogP contribution in [0.15, 0.2) is 73.2 Å². The number of benzene rings is 2. The van der Waals surface area contributed by atoms with E-state index in [-0.39, 0.29) is 11.9 Å².